The number of aromatic nitrogens is 3. The standard InChI is InChI=1S/C14H12ClN5O4/c15-12-18-13(17-3-4-21)20-14(19-12)23-8-2-1-7-5-9(16)11(22)24-10(7)6-8/h1-2,5-6,21H,3-4,16H2,(H,17,18,19,20). The SMILES string of the molecule is Nc1cc2ccc(Oc3nc(Cl)nc(NCCO)n3)cc2oc1=O. The molecular weight excluding hydrogens is 338 g/mol. The predicted octanol–water partition coefficient (Wildman–Crippen LogP) is 1.41. The van der Waals surface area contributed by atoms with Crippen LogP contribution in [0.3, 0.4) is 0 Å². The van der Waals surface area contributed by atoms with Crippen molar-refractivity contribution in [2.24, 2.45) is 0 Å². The topological polar surface area (TPSA) is 136 Å². The Labute approximate surface area is 140 Å². The lowest BCUT2D eigenvalue weighted by Gasteiger charge is -2.07. The molecule has 2 aromatic heterocycles. The van der Waals surface area contributed by atoms with Crippen LogP contribution in [0.4, 0.5) is 11.6 Å². The molecule has 0 saturated heterocycles. The van der Waals surface area contributed by atoms with Gasteiger partial charge in [0.05, 0.1) is 6.61 Å². The predicted molar refractivity (Wildman–Crippen MR) is 87.4 cm³/mol. The zero-order valence-corrected chi connectivity index (χ0v) is 12.9. The number of anilines is 2. The molecule has 10 heteroatoms. The largest absolute Gasteiger partial charge is 0.424 e. The average molecular weight is 350 g/mol. The molecule has 0 radical (unpaired) electrons. The number of nitrogens with one attached hydrogen (secondary N) is 1. The van der Waals surface area contributed by atoms with Gasteiger partial charge in [-0.25, -0.2) is 4.79 Å². The lowest BCUT2D eigenvalue weighted by molar-refractivity contribution is 0.310. The Morgan fingerprint density at radius 1 is 1.29 bits per heavy atom. The van der Waals surface area contributed by atoms with Gasteiger partial charge >= 0.3 is 11.6 Å². The second-order valence-corrected chi connectivity index (χ2v) is 4.99. The van der Waals surface area contributed by atoms with Gasteiger partial charge in [-0.15, -0.1) is 0 Å². The van der Waals surface area contributed by atoms with E-state index >= 15 is 0 Å². The van der Waals surface area contributed by atoms with E-state index in [4.69, 9.17) is 31.6 Å². The van der Waals surface area contributed by atoms with Gasteiger partial charge in [-0.2, -0.15) is 15.0 Å². The maximum atomic E-state index is 11.5. The van der Waals surface area contributed by atoms with E-state index in [1.54, 1.807) is 12.1 Å². The van der Waals surface area contributed by atoms with E-state index < -0.39 is 5.63 Å². The number of hydrogen-bond donors (Lipinski definition) is 3. The molecule has 124 valence electrons. The third kappa shape index (κ3) is 3.53. The molecule has 0 aliphatic carbocycles. The number of nitrogen functional groups attached to an aromatic ring is 1. The van der Waals surface area contributed by atoms with Gasteiger partial charge in [0.1, 0.15) is 17.0 Å². The van der Waals surface area contributed by atoms with Gasteiger partial charge in [-0.1, -0.05) is 0 Å². The van der Waals surface area contributed by atoms with Gasteiger partial charge in [0.25, 0.3) is 0 Å². The van der Waals surface area contributed by atoms with Crippen molar-refractivity contribution in [3.05, 3.63) is 40.0 Å². The molecule has 0 bridgehead atoms. The van der Waals surface area contributed by atoms with E-state index in [-0.39, 0.29) is 36.1 Å². The minimum atomic E-state index is -0.627. The molecule has 4 N–H and O–H groups in total. The summed E-state index contributed by atoms with van der Waals surface area (Å²) in [5.74, 6) is 0.505. The number of halogens is 1. The van der Waals surface area contributed by atoms with E-state index in [2.05, 4.69) is 20.3 Å². The van der Waals surface area contributed by atoms with Gasteiger partial charge in [0.15, 0.2) is 0 Å². The van der Waals surface area contributed by atoms with Crippen molar-refractivity contribution in [1.82, 2.24) is 15.0 Å². The summed E-state index contributed by atoms with van der Waals surface area (Å²) < 4.78 is 10.6. The van der Waals surface area contributed by atoms with Crippen molar-refractivity contribution < 1.29 is 14.3 Å². The summed E-state index contributed by atoms with van der Waals surface area (Å²) in [5, 5.41) is 12.1. The fourth-order valence-corrected chi connectivity index (χ4v) is 2.05. The van der Waals surface area contributed by atoms with Gasteiger partial charge in [-0.3, -0.25) is 0 Å². The molecule has 3 rings (SSSR count). The smallest absolute Gasteiger partial charge is 0.359 e. The summed E-state index contributed by atoms with van der Waals surface area (Å²) in [6.45, 7) is 0.161. The fourth-order valence-electron chi connectivity index (χ4n) is 1.90. The third-order valence-corrected chi connectivity index (χ3v) is 3.10. The highest BCUT2D eigenvalue weighted by molar-refractivity contribution is 6.28. The fraction of sp³-hybridized carbons (Fsp3) is 0.143. The Bertz CT molecular complexity index is 946. The lowest BCUT2D eigenvalue weighted by atomic mass is 10.2. The number of hydrogen-bond acceptors (Lipinski definition) is 9. The quantitative estimate of drug-likeness (QED) is 0.584. The number of aliphatic hydroxyl groups excluding tert-OH is 1. The average Bonchev–Trinajstić information content (AvgIpc) is 2.54. The number of ether oxygens (including phenoxy) is 1. The molecule has 0 saturated carbocycles. The molecule has 24 heavy (non-hydrogen) atoms. The van der Waals surface area contributed by atoms with Crippen molar-refractivity contribution in [1.29, 1.82) is 0 Å². The molecule has 0 fully saturated rings. The van der Waals surface area contributed by atoms with Gasteiger partial charge in [-0.05, 0) is 29.8 Å². The highest BCUT2D eigenvalue weighted by atomic mass is 35.5. The molecule has 0 aliphatic heterocycles. The Morgan fingerprint density at radius 2 is 2.12 bits per heavy atom. The summed E-state index contributed by atoms with van der Waals surface area (Å²) in [6.07, 6.45) is 0. The third-order valence-electron chi connectivity index (χ3n) is 2.93. The lowest BCUT2D eigenvalue weighted by Crippen LogP contribution is -2.10. The summed E-state index contributed by atoms with van der Waals surface area (Å²) in [6, 6.07) is 6.29. The first kappa shape index (κ1) is 16.0. The maximum absolute atomic E-state index is 11.5. The summed E-state index contributed by atoms with van der Waals surface area (Å²) >= 11 is 5.81. The monoisotopic (exact) mass is 349 g/mol. The summed E-state index contributed by atoms with van der Waals surface area (Å²) in [4.78, 5) is 23.2. The molecule has 3 aromatic rings. The Morgan fingerprint density at radius 3 is 2.92 bits per heavy atom. The minimum absolute atomic E-state index is 0.0278. The summed E-state index contributed by atoms with van der Waals surface area (Å²) in [5.41, 5.74) is 5.23. The van der Waals surface area contributed by atoms with Crippen LogP contribution >= 0.6 is 11.6 Å². The summed E-state index contributed by atoms with van der Waals surface area (Å²) in [7, 11) is 0. The minimum Gasteiger partial charge on any atom is -0.424 e. The highest BCUT2D eigenvalue weighted by Crippen LogP contribution is 2.25. The molecule has 0 spiro atoms. The zero-order chi connectivity index (χ0) is 17.1. The van der Waals surface area contributed by atoms with Gasteiger partial charge in [0.2, 0.25) is 11.2 Å². The van der Waals surface area contributed by atoms with E-state index in [1.807, 2.05) is 0 Å². The first-order valence-electron chi connectivity index (χ1n) is 6.83. The number of aliphatic hydroxyl groups is 1. The van der Waals surface area contributed by atoms with Crippen LogP contribution in [-0.2, 0) is 0 Å². The molecule has 2 heterocycles. The van der Waals surface area contributed by atoms with Gasteiger partial charge < -0.3 is 25.3 Å². The van der Waals surface area contributed by atoms with Crippen LogP contribution in [0.5, 0.6) is 11.8 Å². The molecule has 9 nitrogen and oxygen atoms in total. The Kier molecular flexibility index (Phi) is 4.45. The molecule has 0 unspecified atom stereocenters. The normalized spacial score (nSPS) is 10.8. The second-order valence-electron chi connectivity index (χ2n) is 4.65. The van der Waals surface area contributed by atoms with E-state index in [0.717, 1.165) is 0 Å². The number of fused-ring (bicyclic) bond motifs is 1. The number of nitrogens with two attached hydrogens (primary N) is 1. The van der Waals surface area contributed by atoms with Crippen LogP contribution in [0.1, 0.15) is 0 Å². The van der Waals surface area contributed by atoms with Crippen molar-refractivity contribution in [3.63, 3.8) is 0 Å². The highest BCUT2D eigenvalue weighted by Gasteiger charge is 2.09. The second kappa shape index (κ2) is 6.69. The first-order valence-corrected chi connectivity index (χ1v) is 7.20. The molecule has 0 amide bonds. The Hall–Kier alpha value is -2.91. The van der Waals surface area contributed by atoms with Crippen molar-refractivity contribution in [3.8, 4) is 11.8 Å². The molecule has 0 aliphatic rings. The van der Waals surface area contributed by atoms with Crippen LogP contribution in [0.15, 0.2) is 33.5 Å². The van der Waals surface area contributed by atoms with E-state index in [1.165, 1.54) is 12.1 Å². The van der Waals surface area contributed by atoms with Crippen molar-refractivity contribution >= 4 is 34.2 Å². The van der Waals surface area contributed by atoms with E-state index in [9.17, 15) is 4.79 Å². The van der Waals surface area contributed by atoms with Crippen LogP contribution in [0, 0.1) is 0 Å². The number of nitrogens with zero attached hydrogens (tertiary/aromatic N) is 3. The first-order chi connectivity index (χ1) is 11.5. The maximum Gasteiger partial charge on any atom is 0.359 e. The van der Waals surface area contributed by atoms with Crippen LogP contribution in [0.2, 0.25) is 5.28 Å². The van der Waals surface area contributed by atoms with Crippen molar-refractivity contribution in [2.75, 3.05) is 24.2 Å². The van der Waals surface area contributed by atoms with Crippen LogP contribution < -0.4 is 21.4 Å². The molecule has 0 atom stereocenters. The van der Waals surface area contributed by atoms with Crippen LogP contribution in [-0.4, -0.2) is 33.2 Å². The van der Waals surface area contributed by atoms with Crippen molar-refractivity contribution in [2.45, 2.75) is 0 Å². The number of benzene rings is 1. The van der Waals surface area contributed by atoms with E-state index in [0.29, 0.717) is 16.7 Å². The van der Waals surface area contributed by atoms with Gasteiger partial charge in [0, 0.05) is 18.0 Å². The Balaban J connectivity index is 1.90. The molecular formula is C14H12ClN5O4. The zero-order valence-electron chi connectivity index (χ0n) is 12.2. The molecule has 1 aromatic carbocycles. The number of rotatable bonds is 5. The van der Waals surface area contributed by atoms with Crippen LogP contribution in [0.25, 0.3) is 11.0 Å².